The summed E-state index contributed by atoms with van der Waals surface area (Å²) in [6.07, 6.45) is 16.8. The van der Waals surface area contributed by atoms with Crippen LogP contribution in [0.3, 0.4) is 0 Å². The van der Waals surface area contributed by atoms with Crippen LogP contribution in [0.2, 0.25) is 0 Å². The van der Waals surface area contributed by atoms with Gasteiger partial charge in [0.2, 0.25) is 0 Å². The van der Waals surface area contributed by atoms with E-state index in [0.717, 1.165) is 42.4 Å². The Morgan fingerprint density at radius 3 is 2.65 bits per heavy atom. The highest BCUT2D eigenvalue weighted by Gasteiger charge is 2.59. The summed E-state index contributed by atoms with van der Waals surface area (Å²) in [5, 5.41) is 0. The Balaban J connectivity index is 1.47. The highest BCUT2D eigenvalue weighted by Crippen LogP contribution is 2.67. The van der Waals surface area contributed by atoms with E-state index in [0.29, 0.717) is 10.8 Å². The Labute approximate surface area is 191 Å². The van der Waals surface area contributed by atoms with Gasteiger partial charge in [0.05, 0.1) is 0 Å². The molecule has 0 aliphatic heterocycles. The molecule has 174 valence electrons. The number of fused-ring (bicyclic) bond motifs is 5. The molecule has 0 saturated heterocycles. The van der Waals surface area contributed by atoms with Gasteiger partial charge in [-0.15, -0.1) is 6.58 Å². The maximum Gasteiger partial charge on any atom is 0.302 e. The normalized spacial score (nSPS) is 42.6. The van der Waals surface area contributed by atoms with Crippen molar-refractivity contribution < 1.29 is 9.53 Å². The molecule has 8 atom stereocenters. The van der Waals surface area contributed by atoms with Crippen LogP contribution in [-0.4, -0.2) is 12.1 Å². The van der Waals surface area contributed by atoms with Gasteiger partial charge in [0.1, 0.15) is 6.10 Å². The van der Waals surface area contributed by atoms with Crippen LogP contribution in [0.4, 0.5) is 0 Å². The van der Waals surface area contributed by atoms with Crippen molar-refractivity contribution in [1.29, 1.82) is 0 Å². The van der Waals surface area contributed by atoms with Crippen molar-refractivity contribution in [3.8, 4) is 0 Å². The third kappa shape index (κ3) is 4.18. The van der Waals surface area contributed by atoms with Crippen LogP contribution >= 0.6 is 0 Å². The molecule has 8 unspecified atom stereocenters. The van der Waals surface area contributed by atoms with Crippen LogP contribution < -0.4 is 0 Å². The number of ether oxygens (including phenoxy) is 1. The maximum absolute atomic E-state index is 11.5. The molecule has 0 amide bonds. The second-order valence-corrected chi connectivity index (χ2v) is 12.3. The van der Waals surface area contributed by atoms with Crippen molar-refractivity contribution in [2.24, 2.45) is 40.4 Å². The number of esters is 1. The van der Waals surface area contributed by atoms with E-state index in [-0.39, 0.29) is 12.1 Å². The van der Waals surface area contributed by atoms with E-state index in [2.05, 4.69) is 40.3 Å². The summed E-state index contributed by atoms with van der Waals surface area (Å²) < 4.78 is 5.61. The van der Waals surface area contributed by atoms with Crippen LogP contribution in [-0.2, 0) is 9.53 Å². The lowest BCUT2D eigenvalue weighted by Crippen LogP contribution is -2.51. The van der Waals surface area contributed by atoms with E-state index in [4.69, 9.17) is 4.74 Å². The number of hydrogen-bond acceptors (Lipinski definition) is 2. The summed E-state index contributed by atoms with van der Waals surface area (Å²) >= 11 is 0. The van der Waals surface area contributed by atoms with Gasteiger partial charge in [-0.25, -0.2) is 0 Å². The van der Waals surface area contributed by atoms with Crippen LogP contribution in [0.25, 0.3) is 0 Å². The van der Waals surface area contributed by atoms with Crippen molar-refractivity contribution in [3.63, 3.8) is 0 Å². The average molecular weight is 427 g/mol. The topological polar surface area (TPSA) is 26.3 Å². The molecule has 31 heavy (non-hydrogen) atoms. The van der Waals surface area contributed by atoms with Crippen molar-refractivity contribution >= 4 is 5.97 Å². The molecule has 3 fully saturated rings. The van der Waals surface area contributed by atoms with Crippen LogP contribution in [0, 0.1) is 40.4 Å². The second kappa shape index (κ2) is 8.71. The highest BCUT2D eigenvalue weighted by atomic mass is 16.5. The molecule has 0 radical (unpaired) electrons. The number of carbonyl (C=O) groups is 1. The molecular weight excluding hydrogens is 380 g/mol. The summed E-state index contributed by atoms with van der Waals surface area (Å²) in [5.74, 6) is 4.23. The number of allylic oxidation sites excluding steroid dienone is 2. The molecule has 2 nitrogen and oxygen atoms in total. The predicted octanol–water partition coefficient (Wildman–Crippen LogP) is 7.88. The summed E-state index contributed by atoms with van der Waals surface area (Å²) in [6.45, 7) is 15.6. The van der Waals surface area contributed by atoms with Gasteiger partial charge in [0.15, 0.2) is 0 Å². The van der Waals surface area contributed by atoms with E-state index in [1.165, 1.54) is 63.4 Å². The molecule has 0 bridgehead atoms. The zero-order valence-corrected chi connectivity index (χ0v) is 20.8. The van der Waals surface area contributed by atoms with Crippen molar-refractivity contribution in [2.45, 2.75) is 111 Å². The van der Waals surface area contributed by atoms with Gasteiger partial charge in [-0.1, -0.05) is 44.4 Å². The largest absolute Gasteiger partial charge is 0.462 e. The van der Waals surface area contributed by atoms with E-state index >= 15 is 0 Å². The van der Waals surface area contributed by atoms with E-state index < -0.39 is 0 Å². The molecule has 0 aromatic heterocycles. The molecule has 0 aromatic carbocycles. The third-order valence-corrected chi connectivity index (χ3v) is 10.4. The Hall–Kier alpha value is -1.05. The first-order valence-corrected chi connectivity index (χ1v) is 13.2. The molecule has 0 heterocycles. The van der Waals surface area contributed by atoms with Gasteiger partial charge in [-0.05, 0) is 105 Å². The maximum atomic E-state index is 11.5. The summed E-state index contributed by atoms with van der Waals surface area (Å²) in [6, 6.07) is 0. The molecular formula is C29H46O2. The second-order valence-electron chi connectivity index (χ2n) is 12.3. The lowest BCUT2D eigenvalue weighted by molar-refractivity contribution is -0.148. The Morgan fingerprint density at radius 2 is 1.94 bits per heavy atom. The van der Waals surface area contributed by atoms with Gasteiger partial charge in [-0.3, -0.25) is 4.79 Å². The SMILES string of the molecule is C=C(C)CCCC(C)C1CCC2C3CC=C4CC(OC(C)=O)CCC4(C)C3CCC12C. The zero-order chi connectivity index (χ0) is 22.4. The lowest BCUT2D eigenvalue weighted by atomic mass is 9.47. The Bertz CT molecular complexity index is 735. The quantitative estimate of drug-likeness (QED) is 0.319. The number of rotatable bonds is 6. The number of hydrogen-bond donors (Lipinski definition) is 0. The van der Waals surface area contributed by atoms with E-state index in [1.807, 2.05) is 0 Å². The van der Waals surface area contributed by atoms with Gasteiger partial charge in [-0.2, -0.15) is 0 Å². The van der Waals surface area contributed by atoms with Crippen LogP contribution in [0.5, 0.6) is 0 Å². The molecule has 0 spiro atoms. The Kier molecular flexibility index (Phi) is 6.50. The molecule has 4 rings (SSSR count). The fourth-order valence-corrected chi connectivity index (χ4v) is 8.87. The molecule has 4 aliphatic carbocycles. The van der Waals surface area contributed by atoms with Gasteiger partial charge >= 0.3 is 5.97 Å². The van der Waals surface area contributed by atoms with Crippen molar-refractivity contribution in [3.05, 3.63) is 23.8 Å². The first-order chi connectivity index (χ1) is 14.6. The van der Waals surface area contributed by atoms with Crippen LogP contribution in [0.1, 0.15) is 105 Å². The minimum absolute atomic E-state index is 0.109. The van der Waals surface area contributed by atoms with Gasteiger partial charge in [0, 0.05) is 13.3 Å². The Morgan fingerprint density at radius 1 is 1.16 bits per heavy atom. The molecule has 0 aromatic rings. The minimum Gasteiger partial charge on any atom is -0.462 e. The average Bonchev–Trinajstić information content (AvgIpc) is 3.05. The fraction of sp³-hybridized carbons (Fsp3) is 0.828. The van der Waals surface area contributed by atoms with E-state index in [1.54, 1.807) is 12.5 Å². The molecule has 3 saturated carbocycles. The van der Waals surface area contributed by atoms with Crippen molar-refractivity contribution in [1.82, 2.24) is 0 Å². The van der Waals surface area contributed by atoms with Gasteiger partial charge < -0.3 is 4.74 Å². The molecule has 4 aliphatic rings. The first kappa shape index (κ1) is 23.1. The standard InChI is InChI=1S/C29H46O2/c1-19(2)8-7-9-20(3)25-12-13-26-24-11-10-22-18-23(31-21(4)30)14-16-28(22,5)27(24)15-17-29(25,26)6/h10,20,23-27H,1,7-9,11-18H2,2-6H3. The third-order valence-electron chi connectivity index (χ3n) is 10.4. The molecule has 2 heteroatoms. The van der Waals surface area contributed by atoms with Gasteiger partial charge in [0.25, 0.3) is 0 Å². The monoisotopic (exact) mass is 426 g/mol. The highest BCUT2D eigenvalue weighted by molar-refractivity contribution is 5.66. The zero-order valence-electron chi connectivity index (χ0n) is 20.8. The molecule has 0 N–H and O–H groups in total. The van der Waals surface area contributed by atoms with Crippen LogP contribution in [0.15, 0.2) is 23.8 Å². The smallest absolute Gasteiger partial charge is 0.302 e. The van der Waals surface area contributed by atoms with E-state index in [9.17, 15) is 4.79 Å². The first-order valence-electron chi connectivity index (χ1n) is 13.2. The number of carbonyl (C=O) groups excluding carboxylic acids is 1. The summed E-state index contributed by atoms with van der Waals surface area (Å²) in [5.41, 5.74) is 3.83. The van der Waals surface area contributed by atoms with Crippen molar-refractivity contribution in [2.75, 3.05) is 0 Å². The summed E-state index contributed by atoms with van der Waals surface area (Å²) in [4.78, 5) is 11.5. The minimum atomic E-state index is -0.120. The fourth-order valence-electron chi connectivity index (χ4n) is 8.87. The lowest BCUT2D eigenvalue weighted by Gasteiger charge is -2.58. The summed E-state index contributed by atoms with van der Waals surface area (Å²) in [7, 11) is 0. The predicted molar refractivity (Wildman–Crippen MR) is 129 cm³/mol.